The predicted molar refractivity (Wildman–Crippen MR) is 96.8 cm³/mol. The Labute approximate surface area is 153 Å². The summed E-state index contributed by atoms with van der Waals surface area (Å²) < 4.78 is 1.13. The van der Waals surface area contributed by atoms with Gasteiger partial charge in [0, 0.05) is 32.4 Å². The van der Waals surface area contributed by atoms with E-state index >= 15 is 0 Å². The van der Waals surface area contributed by atoms with Gasteiger partial charge in [-0.1, -0.05) is 0 Å². The quantitative estimate of drug-likeness (QED) is 0.665. The summed E-state index contributed by atoms with van der Waals surface area (Å²) >= 11 is 0. The van der Waals surface area contributed by atoms with Crippen LogP contribution in [0, 0.1) is 0 Å². The van der Waals surface area contributed by atoms with Crippen molar-refractivity contribution < 1.29 is 19.8 Å². The summed E-state index contributed by atoms with van der Waals surface area (Å²) in [6.07, 6.45) is 3.59. The predicted octanol–water partition coefficient (Wildman–Crippen LogP) is -0.365. The largest absolute Gasteiger partial charge is 0.501 e. The van der Waals surface area contributed by atoms with E-state index in [1.807, 2.05) is 0 Å². The maximum atomic E-state index is 12.6. The van der Waals surface area contributed by atoms with Crippen LogP contribution < -0.4 is 20.7 Å². The molecule has 4 heterocycles. The van der Waals surface area contributed by atoms with Crippen molar-refractivity contribution in [2.24, 2.45) is 0 Å². The molecule has 2 aliphatic rings. The minimum Gasteiger partial charge on any atom is -0.501 e. The van der Waals surface area contributed by atoms with Crippen LogP contribution in [0.1, 0.15) is 23.3 Å². The molecule has 0 aliphatic carbocycles. The molecule has 0 spiro atoms. The highest BCUT2D eigenvalue weighted by Crippen LogP contribution is 2.29. The molecule has 2 saturated heterocycles. The maximum Gasteiger partial charge on any atom is 0.358 e. The lowest BCUT2D eigenvalue weighted by molar-refractivity contribution is -0.118. The molecule has 0 atom stereocenters. The lowest BCUT2D eigenvalue weighted by Crippen LogP contribution is -2.48. The van der Waals surface area contributed by atoms with Crippen LogP contribution in [0.25, 0.3) is 5.65 Å². The summed E-state index contributed by atoms with van der Waals surface area (Å²) in [5.41, 5.74) is -0.466. The third kappa shape index (κ3) is 2.87. The number of hydrogen-bond acceptors (Lipinski definition) is 7. The first-order chi connectivity index (χ1) is 13.0. The van der Waals surface area contributed by atoms with Gasteiger partial charge < -0.3 is 25.3 Å². The Kier molecular flexibility index (Phi) is 4.19. The number of aromatic hydroxyl groups is 1. The highest BCUT2D eigenvalue weighted by Gasteiger charge is 2.27. The molecular formula is C17H19N5O5. The van der Waals surface area contributed by atoms with Gasteiger partial charge in [-0.25, -0.2) is 9.78 Å². The Morgan fingerprint density at radius 3 is 2.59 bits per heavy atom. The van der Waals surface area contributed by atoms with Crippen LogP contribution in [-0.4, -0.2) is 64.2 Å². The second kappa shape index (κ2) is 6.54. The van der Waals surface area contributed by atoms with Crippen molar-refractivity contribution in [3.05, 3.63) is 28.3 Å². The zero-order valence-corrected chi connectivity index (χ0v) is 14.5. The zero-order chi connectivity index (χ0) is 19.1. The first kappa shape index (κ1) is 17.3. The SMILES string of the molecule is O=C(O)c1nc2c(N3CCNCC3=O)cc(N3CCCC3)cn2c(=O)c1O. The fraction of sp³-hybridized carbons (Fsp3) is 0.412. The van der Waals surface area contributed by atoms with Crippen molar-refractivity contribution in [2.75, 3.05) is 42.5 Å². The molecule has 0 aromatic carbocycles. The Morgan fingerprint density at radius 1 is 1.19 bits per heavy atom. The molecule has 2 aliphatic heterocycles. The fourth-order valence-corrected chi connectivity index (χ4v) is 3.56. The molecule has 0 unspecified atom stereocenters. The summed E-state index contributed by atoms with van der Waals surface area (Å²) in [6, 6.07) is 1.76. The molecule has 0 bridgehead atoms. The van der Waals surface area contributed by atoms with Gasteiger partial charge in [-0.3, -0.25) is 14.0 Å². The van der Waals surface area contributed by atoms with Crippen LogP contribution in [0.4, 0.5) is 11.4 Å². The van der Waals surface area contributed by atoms with E-state index in [-0.39, 0.29) is 18.1 Å². The first-order valence-corrected chi connectivity index (χ1v) is 8.76. The lowest BCUT2D eigenvalue weighted by atomic mass is 10.2. The Hall–Kier alpha value is -3.14. The van der Waals surface area contributed by atoms with Crippen LogP contribution in [0.5, 0.6) is 5.75 Å². The van der Waals surface area contributed by atoms with Crippen molar-refractivity contribution in [2.45, 2.75) is 12.8 Å². The normalized spacial score (nSPS) is 17.7. The van der Waals surface area contributed by atoms with Gasteiger partial charge in [0.15, 0.2) is 11.3 Å². The summed E-state index contributed by atoms with van der Waals surface area (Å²) in [7, 11) is 0. The van der Waals surface area contributed by atoms with Gasteiger partial charge in [0.1, 0.15) is 0 Å². The van der Waals surface area contributed by atoms with E-state index in [1.54, 1.807) is 6.07 Å². The number of aromatic nitrogens is 2. The highest BCUT2D eigenvalue weighted by molar-refractivity contribution is 6.00. The molecule has 3 N–H and O–H groups in total. The minimum atomic E-state index is -1.51. The molecule has 10 nitrogen and oxygen atoms in total. The molecule has 0 radical (unpaired) electrons. The number of carbonyl (C=O) groups excluding carboxylic acids is 1. The average molecular weight is 373 g/mol. The van der Waals surface area contributed by atoms with Gasteiger partial charge in [0.05, 0.1) is 17.9 Å². The van der Waals surface area contributed by atoms with Crippen molar-refractivity contribution in [1.82, 2.24) is 14.7 Å². The van der Waals surface area contributed by atoms with Gasteiger partial charge in [-0.05, 0) is 18.9 Å². The Balaban J connectivity index is 2.00. The highest BCUT2D eigenvalue weighted by atomic mass is 16.4. The van der Waals surface area contributed by atoms with Crippen molar-refractivity contribution in [1.29, 1.82) is 0 Å². The molecule has 27 heavy (non-hydrogen) atoms. The Morgan fingerprint density at radius 2 is 1.93 bits per heavy atom. The lowest BCUT2D eigenvalue weighted by Gasteiger charge is -2.29. The summed E-state index contributed by atoms with van der Waals surface area (Å²) in [4.78, 5) is 44.0. The fourth-order valence-electron chi connectivity index (χ4n) is 3.56. The summed E-state index contributed by atoms with van der Waals surface area (Å²) in [5.74, 6) is -2.62. The van der Waals surface area contributed by atoms with Crippen molar-refractivity contribution in [3.8, 4) is 5.75 Å². The number of carboxylic acids is 1. The molecule has 142 valence electrons. The first-order valence-electron chi connectivity index (χ1n) is 8.76. The molecule has 2 aromatic rings. The van der Waals surface area contributed by atoms with Gasteiger partial charge in [0.25, 0.3) is 0 Å². The summed E-state index contributed by atoms with van der Waals surface area (Å²) in [5, 5.41) is 22.2. The van der Waals surface area contributed by atoms with Crippen molar-refractivity contribution >= 4 is 28.9 Å². The number of piperazine rings is 1. The third-order valence-corrected chi connectivity index (χ3v) is 4.92. The molecule has 0 saturated carbocycles. The van der Waals surface area contributed by atoms with Gasteiger partial charge in [-0.2, -0.15) is 0 Å². The number of carboxylic acid groups (broad SMARTS) is 1. The number of nitrogens with zero attached hydrogens (tertiary/aromatic N) is 4. The molecule has 2 fully saturated rings. The van der Waals surface area contributed by atoms with E-state index in [4.69, 9.17) is 0 Å². The second-order valence-electron chi connectivity index (χ2n) is 6.61. The standard InChI is InChI=1S/C17H19N5O5/c23-12-8-18-3-6-21(12)11-7-10(20-4-1-2-5-20)9-22-15(11)19-13(17(26)27)14(24)16(22)25/h7,9,18,24H,1-6,8H2,(H,26,27). The van der Waals surface area contributed by atoms with Gasteiger partial charge in [-0.15, -0.1) is 0 Å². The molecule has 10 heteroatoms. The number of aromatic carboxylic acids is 1. The van der Waals surface area contributed by atoms with Crippen LogP contribution >= 0.6 is 0 Å². The number of nitrogens with one attached hydrogen (secondary N) is 1. The zero-order valence-electron chi connectivity index (χ0n) is 14.5. The number of hydrogen-bond donors (Lipinski definition) is 3. The van der Waals surface area contributed by atoms with Gasteiger partial charge in [0.2, 0.25) is 11.7 Å². The number of pyridine rings is 1. The van der Waals surface area contributed by atoms with Crippen LogP contribution in [-0.2, 0) is 4.79 Å². The minimum absolute atomic E-state index is 0.0356. The summed E-state index contributed by atoms with van der Waals surface area (Å²) in [6.45, 7) is 2.73. The van der Waals surface area contributed by atoms with Gasteiger partial charge >= 0.3 is 11.5 Å². The van der Waals surface area contributed by atoms with Crippen LogP contribution in [0.2, 0.25) is 0 Å². The topological polar surface area (TPSA) is 127 Å². The van der Waals surface area contributed by atoms with E-state index in [9.17, 15) is 24.6 Å². The smallest absolute Gasteiger partial charge is 0.358 e. The average Bonchev–Trinajstić information content (AvgIpc) is 3.19. The molecule has 2 aromatic heterocycles. The second-order valence-corrected chi connectivity index (χ2v) is 6.61. The molecular weight excluding hydrogens is 354 g/mol. The number of rotatable bonds is 3. The molecule has 1 amide bonds. The maximum absolute atomic E-state index is 12.6. The number of carbonyl (C=O) groups is 2. The number of amides is 1. The van der Waals surface area contributed by atoms with E-state index in [1.165, 1.54) is 11.1 Å². The number of anilines is 2. The van der Waals surface area contributed by atoms with E-state index in [2.05, 4.69) is 15.2 Å². The van der Waals surface area contributed by atoms with E-state index in [0.717, 1.165) is 36.0 Å². The third-order valence-electron chi connectivity index (χ3n) is 4.92. The Bertz CT molecular complexity index is 995. The van der Waals surface area contributed by atoms with Crippen molar-refractivity contribution in [3.63, 3.8) is 0 Å². The monoisotopic (exact) mass is 373 g/mol. The van der Waals surface area contributed by atoms with E-state index < -0.39 is 23.0 Å². The van der Waals surface area contributed by atoms with E-state index in [0.29, 0.717) is 18.8 Å². The van der Waals surface area contributed by atoms with Crippen LogP contribution in [0.3, 0.4) is 0 Å². The molecule has 4 rings (SSSR count). The number of fused-ring (bicyclic) bond motifs is 1. The van der Waals surface area contributed by atoms with Crippen LogP contribution in [0.15, 0.2) is 17.1 Å².